The Morgan fingerprint density at radius 2 is 2.22 bits per heavy atom. The van der Waals surface area contributed by atoms with Crippen molar-refractivity contribution in [2.24, 2.45) is 11.8 Å². The highest BCUT2D eigenvalue weighted by atomic mass is 16.3. The molecule has 1 fully saturated rings. The lowest BCUT2D eigenvalue weighted by atomic mass is 10.1. The lowest BCUT2D eigenvalue weighted by Crippen LogP contribution is -2.35. The third-order valence-corrected chi connectivity index (χ3v) is 4.51. The van der Waals surface area contributed by atoms with Gasteiger partial charge in [-0.1, -0.05) is 13.8 Å². The van der Waals surface area contributed by atoms with Crippen molar-refractivity contribution in [3.8, 4) is 0 Å². The standard InChI is InChI=1S/C16H24N4O3/c1-11(2)7-18-8-12(5-15(18)22)16(23)19-9-13-6-17-20(3-4-21)14(13)10-19/h6,11-12,21H,3-5,7-10H2,1-2H3/t12-/m0/s1. The molecule has 126 valence electrons. The van der Waals surface area contributed by atoms with Crippen molar-refractivity contribution >= 4 is 11.8 Å². The van der Waals surface area contributed by atoms with Crippen LogP contribution < -0.4 is 0 Å². The van der Waals surface area contributed by atoms with Gasteiger partial charge in [0.05, 0.1) is 37.5 Å². The first kappa shape index (κ1) is 16.0. The first-order valence-corrected chi connectivity index (χ1v) is 8.20. The number of amides is 2. The van der Waals surface area contributed by atoms with E-state index in [1.807, 2.05) is 4.90 Å². The van der Waals surface area contributed by atoms with Crippen LogP contribution >= 0.6 is 0 Å². The Balaban J connectivity index is 1.63. The molecule has 7 heteroatoms. The summed E-state index contributed by atoms with van der Waals surface area (Å²) in [5, 5.41) is 13.3. The normalized spacial score (nSPS) is 20.7. The minimum Gasteiger partial charge on any atom is -0.394 e. The van der Waals surface area contributed by atoms with Gasteiger partial charge >= 0.3 is 0 Å². The van der Waals surface area contributed by atoms with E-state index in [4.69, 9.17) is 5.11 Å². The maximum Gasteiger partial charge on any atom is 0.228 e. The van der Waals surface area contributed by atoms with Gasteiger partial charge in [-0.15, -0.1) is 0 Å². The minimum atomic E-state index is -0.232. The van der Waals surface area contributed by atoms with Crippen LogP contribution in [0, 0.1) is 11.8 Å². The average Bonchev–Trinajstić information content (AvgIpc) is 3.15. The number of hydrogen-bond acceptors (Lipinski definition) is 4. The van der Waals surface area contributed by atoms with Crippen LogP contribution in [-0.4, -0.2) is 56.2 Å². The monoisotopic (exact) mass is 320 g/mol. The minimum absolute atomic E-state index is 0.0311. The summed E-state index contributed by atoms with van der Waals surface area (Å²) in [6, 6.07) is 0. The van der Waals surface area contributed by atoms with E-state index in [0.717, 1.165) is 11.3 Å². The van der Waals surface area contributed by atoms with Gasteiger partial charge in [0.2, 0.25) is 11.8 Å². The number of likely N-dealkylation sites (tertiary alicyclic amines) is 1. The van der Waals surface area contributed by atoms with E-state index in [9.17, 15) is 9.59 Å². The van der Waals surface area contributed by atoms with Gasteiger partial charge in [-0.3, -0.25) is 14.3 Å². The molecule has 0 unspecified atom stereocenters. The number of aliphatic hydroxyl groups excluding tert-OH is 1. The molecule has 1 aromatic heterocycles. The molecule has 3 rings (SSSR count). The van der Waals surface area contributed by atoms with Gasteiger partial charge in [0.25, 0.3) is 0 Å². The maximum absolute atomic E-state index is 12.7. The van der Waals surface area contributed by atoms with Gasteiger partial charge in [-0.25, -0.2) is 0 Å². The molecule has 2 amide bonds. The van der Waals surface area contributed by atoms with Crippen molar-refractivity contribution in [2.75, 3.05) is 19.7 Å². The Morgan fingerprint density at radius 1 is 1.43 bits per heavy atom. The predicted octanol–water partition coefficient (Wildman–Crippen LogP) is 0.222. The van der Waals surface area contributed by atoms with Crippen molar-refractivity contribution in [3.05, 3.63) is 17.5 Å². The molecule has 23 heavy (non-hydrogen) atoms. The Bertz CT molecular complexity index is 610. The molecule has 2 aliphatic heterocycles. The Morgan fingerprint density at radius 3 is 2.91 bits per heavy atom. The SMILES string of the molecule is CC(C)CN1C[C@@H](C(=O)N2Cc3cnn(CCO)c3C2)CC1=O. The van der Waals surface area contributed by atoms with Gasteiger partial charge in [0, 0.05) is 31.6 Å². The third kappa shape index (κ3) is 3.10. The Hall–Kier alpha value is -1.89. The molecule has 1 saturated heterocycles. The largest absolute Gasteiger partial charge is 0.394 e. The number of aromatic nitrogens is 2. The summed E-state index contributed by atoms with van der Waals surface area (Å²) < 4.78 is 1.76. The quantitative estimate of drug-likeness (QED) is 0.842. The summed E-state index contributed by atoms with van der Waals surface area (Å²) in [5.74, 6) is 0.314. The first-order chi connectivity index (χ1) is 11.0. The van der Waals surface area contributed by atoms with Crippen molar-refractivity contribution in [2.45, 2.75) is 39.9 Å². The van der Waals surface area contributed by atoms with E-state index >= 15 is 0 Å². The second-order valence-electron chi connectivity index (χ2n) is 6.85. The van der Waals surface area contributed by atoms with Crippen LogP contribution in [0.2, 0.25) is 0 Å². The van der Waals surface area contributed by atoms with Crippen LogP contribution in [0.3, 0.4) is 0 Å². The van der Waals surface area contributed by atoms with Crippen molar-refractivity contribution in [3.63, 3.8) is 0 Å². The number of carbonyl (C=O) groups excluding carboxylic acids is 2. The van der Waals surface area contributed by atoms with Crippen LogP contribution in [0.1, 0.15) is 31.5 Å². The number of aliphatic hydroxyl groups is 1. The second kappa shape index (κ2) is 6.31. The number of fused-ring (bicyclic) bond motifs is 1. The summed E-state index contributed by atoms with van der Waals surface area (Å²) in [6.45, 7) is 6.95. The van der Waals surface area contributed by atoms with E-state index in [-0.39, 0.29) is 24.3 Å². The molecule has 3 heterocycles. The highest BCUT2D eigenvalue weighted by molar-refractivity contribution is 5.89. The van der Waals surface area contributed by atoms with Crippen LogP contribution in [0.5, 0.6) is 0 Å². The molecule has 0 bridgehead atoms. The molecule has 0 saturated carbocycles. The van der Waals surface area contributed by atoms with E-state index < -0.39 is 0 Å². The first-order valence-electron chi connectivity index (χ1n) is 8.20. The molecule has 2 aliphatic rings. The number of rotatable bonds is 5. The van der Waals surface area contributed by atoms with E-state index in [2.05, 4.69) is 18.9 Å². The highest BCUT2D eigenvalue weighted by Gasteiger charge is 2.38. The zero-order valence-electron chi connectivity index (χ0n) is 13.7. The zero-order chi connectivity index (χ0) is 16.6. The number of nitrogens with zero attached hydrogens (tertiary/aromatic N) is 4. The summed E-state index contributed by atoms with van der Waals surface area (Å²) in [5.41, 5.74) is 2.03. The fourth-order valence-electron chi connectivity index (χ4n) is 3.46. The van der Waals surface area contributed by atoms with Crippen molar-refractivity contribution < 1.29 is 14.7 Å². The molecule has 0 radical (unpaired) electrons. The highest BCUT2D eigenvalue weighted by Crippen LogP contribution is 2.27. The molecule has 0 aromatic carbocycles. The summed E-state index contributed by atoms with van der Waals surface area (Å²) >= 11 is 0. The fourth-order valence-corrected chi connectivity index (χ4v) is 3.46. The Labute approximate surface area is 135 Å². The molecule has 0 spiro atoms. The van der Waals surface area contributed by atoms with Crippen molar-refractivity contribution in [1.82, 2.24) is 19.6 Å². The van der Waals surface area contributed by atoms with Crippen LogP contribution in [0.25, 0.3) is 0 Å². The predicted molar refractivity (Wildman–Crippen MR) is 83.1 cm³/mol. The smallest absolute Gasteiger partial charge is 0.228 e. The lowest BCUT2D eigenvalue weighted by Gasteiger charge is -2.21. The molecule has 1 N–H and O–H groups in total. The lowest BCUT2D eigenvalue weighted by molar-refractivity contribution is -0.136. The van der Waals surface area contributed by atoms with Crippen LogP contribution in [0.15, 0.2) is 6.20 Å². The van der Waals surface area contributed by atoms with Gasteiger partial charge < -0.3 is 14.9 Å². The number of hydrogen-bond donors (Lipinski definition) is 1. The Kier molecular flexibility index (Phi) is 4.39. The molecular formula is C16H24N4O3. The van der Waals surface area contributed by atoms with Crippen molar-refractivity contribution in [1.29, 1.82) is 0 Å². The molecule has 1 atom stereocenters. The van der Waals surface area contributed by atoms with Gasteiger partial charge in [-0.2, -0.15) is 5.10 Å². The van der Waals surface area contributed by atoms with E-state index in [1.165, 1.54) is 0 Å². The molecule has 7 nitrogen and oxygen atoms in total. The van der Waals surface area contributed by atoms with Crippen LogP contribution in [0.4, 0.5) is 0 Å². The fraction of sp³-hybridized carbons (Fsp3) is 0.688. The maximum atomic E-state index is 12.7. The third-order valence-electron chi connectivity index (χ3n) is 4.51. The number of carbonyl (C=O) groups is 2. The van der Waals surface area contributed by atoms with E-state index in [0.29, 0.717) is 45.1 Å². The summed E-state index contributed by atoms with van der Waals surface area (Å²) in [6.07, 6.45) is 2.09. The summed E-state index contributed by atoms with van der Waals surface area (Å²) in [4.78, 5) is 28.4. The van der Waals surface area contributed by atoms with Gasteiger partial charge in [0.1, 0.15) is 0 Å². The van der Waals surface area contributed by atoms with Gasteiger partial charge in [0.15, 0.2) is 0 Å². The second-order valence-corrected chi connectivity index (χ2v) is 6.85. The van der Waals surface area contributed by atoms with E-state index in [1.54, 1.807) is 15.8 Å². The average molecular weight is 320 g/mol. The molecule has 1 aromatic rings. The summed E-state index contributed by atoms with van der Waals surface area (Å²) in [7, 11) is 0. The van der Waals surface area contributed by atoms with Gasteiger partial charge in [-0.05, 0) is 5.92 Å². The zero-order valence-corrected chi connectivity index (χ0v) is 13.7. The molecular weight excluding hydrogens is 296 g/mol. The topological polar surface area (TPSA) is 78.7 Å². The van der Waals surface area contributed by atoms with Crippen LogP contribution in [-0.2, 0) is 29.2 Å². The molecule has 0 aliphatic carbocycles.